The first kappa shape index (κ1) is 15.9. The predicted octanol–water partition coefficient (Wildman–Crippen LogP) is 4.16. The lowest BCUT2D eigenvalue weighted by Crippen LogP contribution is -2.08. The van der Waals surface area contributed by atoms with Crippen molar-refractivity contribution in [1.29, 1.82) is 0 Å². The summed E-state index contributed by atoms with van der Waals surface area (Å²) in [6.45, 7) is 4.15. The van der Waals surface area contributed by atoms with E-state index in [0.717, 1.165) is 12.0 Å². The van der Waals surface area contributed by atoms with Crippen LogP contribution in [-0.4, -0.2) is 11.9 Å². The Balaban J connectivity index is 2.11. The van der Waals surface area contributed by atoms with E-state index in [0.29, 0.717) is 0 Å². The van der Waals surface area contributed by atoms with Crippen LogP contribution in [0.5, 0.6) is 0 Å². The highest BCUT2D eigenvalue weighted by atomic mass is 16.6. The average Bonchev–Trinajstić information content (AvgIpc) is 2.71. The van der Waals surface area contributed by atoms with E-state index in [1.165, 1.54) is 44.9 Å². The molecule has 0 saturated carbocycles. The first-order valence-corrected chi connectivity index (χ1v) is 7.56. The fourth-order valence-electron chi connectivity index (χ4n) is 2.40. The molecule has 1 rings (SSSR count). The van der Waals surface area contributed by atoms with Crippen molar-refractivity contribution in [2.75, 3.05) is 0 Å². The predicted molar refractivity (Wildman–Crippen MR) is 75.6 cm³/mol. The first-order chi connectivity index (χ1) is 9.15. The fourth-order valence-corrected chi connectivity index (χ4v) is 2.40. The smallest absolute Gasteiger partial charge is 0.321 e. The molecule has 0 bridgehead atoms. The SMILES string of the molecule is CCCCCCCCCC=C(C)C1CC(=O)OC1=O. The number of cyclic esters (lactones) is 2. The molecule has 0 amide bonds. The highest BCUT2D eigenvalue weighted by molar-refractivity contribution is 5.96. The molecule has 0 spiro atoms. The third-order valence-electron chi connectivity index (χ3n) is 3.69. The van der Waals surface area contributed by atoms with Gasteiger partial charge < -0.3 is 4.74 Å². The molecule has 0 aliphatic carbocycles. The van der Waals surface area contributed by atoms with E-state index in [9.17, 15) is 9.59 Å². The molecule has 1 aliphatic heterocycles. The number of hydrogen-bond donors (Lipinski definition) is 0. The Hall–Kier alpha value is -1.12. The third kappa shape index (κ3) is 6.04. The van der Waals surface area contributed by atoms with Crippen molar-refractivity contribution < 1.29 is 14.3 Å². The van der Waals surface area contributed by atoms with Crippen molar-refractivity contribution in [3.8, 4) is 0 Å². The zero-order valence-electron chi connectivity index (χ0n) is 12.2. The average molecular weight is 266 g/mol. The Morgan fingerprint density at radius 1 is 1.16 bits per heavy atom. The molecule has 1 atom stereocenters. The van der Waals surface area contributed by atoms with Gasteiger partial charge >= 0.3 is 11.9 Å². The van der Waals surface area contributed by atoms with E-state index in [2.05, 4.69) is 17.7 Å². The summed E-state index contributed by atoms with van der Waals surface area (Å²) in [4.78, 5) is 22.4. The van der Waals surface area contributed by atoms with E-state index < -0.39 is 5.97 Å². The molecular weight excluding hydrogens is 240 g/mol. The Morgan fingerprint density at radius 2 is 1.79 bits per heavy atom. The lowest BCUT2D eigenvalue weighted by atomic mass is 9.97. The highest BCUT2D eigenvalue weighted by Crippen LogP contribution is 2.24. The molecule has 1 fully saturated rings. The number of esters is 2. The third-order valence-corrected chi connectivity index (χ3v) is 3.69. The first-order valence-electron chi connectivity index (χ1n) is 7.56. The lowest BCUT2D eigenvalue weighted by Gasteiger charge is -2.05. The van der Waals surface area contributed by atoms with Crippen molar-refractivity contribution in [2.45, 2.75) is 71.6 Å². The summed E-state index contributed by atoms with van der Waals surface area (Å²) in [6.07, 6.45) is 12.3. The van der Waals surface area contributed by atoms with Crippen LogP contribution in [0, 0.1) is 5.92 Å². The van der Waals surface area contributed by atoms with Crippen LogP contribution in [0.25, 0.3) is 0 Å². The van der Waals surface area contributed by atoms with Gasteiger partial charge in [0.2, 0.25) is 0 Å². The molecule has 1 heterocycles. The van der Waals surface area contributed by atoms with Gasteiger partial charge in [-0.2, -0.15) is 0 Å². The number of allylic oxidation sites excluding steroid dienone is 1. The molecule has 19 heavy (non-hydrogen) atoms. The summed E-state index contributed by atoms with van der Waals surface area (Å²) < 4.78 is 4.56. The molecule has 3 heteroatoms. The lowest BCUT2D eigenvalue weighted by molar-refractivity contribution is -0.152. The maximum absolute atomic E-state index is 11.4. The van der Waals surface area contributed by atoms with E-state index in [1.54, 1.807) is 0 Å². The molecule has 0 aromatic carbocycles. The Bertz CT molecular complexity index is 331. The molecule has 0 N–H and O–H groups in total. The van der Waals surface area contributed by atoms with Crippen LogP contribution in [0.15, 0.2) is 11.6 Å². The van der Waals surface area contributed by atoms with Crippen LogP contribution in [0.1, 0.15) is 71.6 Å². The monoisotopic (exact) mass is 266 g/mol. The van der Waals surface area contributed by atoms with Gasteiger partial charge in [0.15, 0.2) is 0 Å². The maximum Gasteiger partial charge on any atom is 0.321 e. The number of rotatable bonds is 9. The summed E-state index contributed by atoms with van der Waals surface area (Å²) in [6, 6.07) is 0. The minimum Gasteiger partial charge on any atom is -0.393 e. The zero-order chi connectivity index (χ0) is 14.1. The van der Waals surface area contributed by atoms with Gasteiger partial charge in [-0.3, -0.25) is 9.59 Å². The van der Waals surface area contributed by atoms with Gasteiger partial charge in [0.25, 0.3) is 0 Å². The molecule has 1 saturated heterocycles. The summed E-state index contributed by atoms with van der Waals surface area (Å²) in [5.41, 5.74) is 0.988. The largest absolute Gasteiger partial charge is 0.393 e. The Labute approximate surface area is 116 Å². The molecule has 0 aromatic heterocycles. The van der Waals surface area contributed by atoms with Gasteiger partial charge in [0.05, 0.1) is 12.3 Å². The number of hydrogen-bond acceptors (Lipinski definition) is 3. The number of carbonyl (C=O) groups is 2. The van der Waals surface area contributed by atoms with Crippen molar-refractivity contribution >= 4 is 11.9 Å². The van der Waals surface area contributed by atoms with Crippen molar-refractivity contribution in [1.82, 2.24) is 0 Å². The van der Waals surface area contributed by atoms with Crippen LogP contribution in [-0.2, 0) is 14.3 Å². The van der Waals surface area contributed by atoms with Gasteiger partial charge in [-0.15, -0.1) is 0 Å². The fraction of sp³-hybridized carbons (Fsp3) is 0.750. The van der Waals surface area contributed by atoms with Crippen LogP contribution in [0.4, 0.5) is 0 Å². The summed E-state index contributed by atoms with van der Waals surface area (Å²) >= 11 is 0. The Kier molecular flexibility index (Phi) is 7.46. The topological polar surface area (TPSA) is 43.4 Å². The van der Waals surface area contributed by atoms with Crippen LogP contribution in [0.2, 0.25) is 0 Å². The second-order valence-electron chi connectivity index (χ2n) is 5.41. The number of carbonyl (C=O) groups excluding carboxylic acids is 2. The van der Waals surface area contributed by atoms with Gasteiger partial charge in [-0.25, -0.2) is 0 Å². The van der Waals surface area contributed by atoms with Gasteiger partial charge in [0.1, 0.15) is 0 Å². The van der Waals surface area contributed by atoms with Crippen LogP contribution < -0.4 is 0 Å². The number of ether oxygens (including phenoxy) is 1. The summed E-state index contributed by atoms with van der Waals surface area (Å²) in [5.74, 6) is -1.09. The number of unbranched alkanes of at least 4 members (excludes halogenated alkanes) is 7. The molecule has 1 aliphatic rings. The summed E-state index contributed by atoms with van der Waals surface area (Å²) in [7, 11) is 0. The van der Waals surface area contributed by atoms with Crippen molar-refractivity contribution in [2.24, 2.45) is 5.92 Å². The molecule has 1 unspecified atom stereocenters. The minimum atomic E-state index is -0.390. The molecule has 3 nitrogen and oxygen atoms in total. The molecular formula is C16H26O3. The van der Waals surface area contributed by atoms with Crippen molar-refractivity contribution in [3.63, 3.8) is 0 Å². The Morgan fingerprint density at radius 3 is 2.37 bits per heavy atom. The molecule has 108 valence electrons. The quantitative estimate of drug-likeness (QED) is 0.272. The van der Waals surface area contributed by atoms with Crippen molar-refractivity contribution in [3.05, 3.63) is 11.6 Å². The van der Waals surface area contributed by atoms with Crippen LogP contribution >= 0.6 is 0 Å². The van der Waals surface area contributed by atoms with Gasteiger partial charge in [0, 0.05) is 0 Å². The second-order valence-corrected chi connectivity index (χ2v) is 5.41. The van der Waals surface area contributed by atoms with E-state index in [1.807, 2.05) is 6.92 Å². The van der Waals surface area contributed by atoms with E-state index in [-0.39, 0.29) is 18.3 Å². The minimum absolute atomic E-state index is 0.220. The highest BCUT2D eigenvalue weighted by Gasteiger charge is 2.34. The van der Waals surface area contributed by atoms with E-state index in [4.69, 9.17) is 0 Å². The molecule has 0 radical (unpaired) electrons. The zero-order valence-corrected chi connectivity index (χ0v) is 12.2. The summed E-state index contributed by atoms with van der Waals surface area (Å²) in [5, 5.41) is 0. The van der Waals surface area contributed by atoms with E-state index >= 15 is 0 Å². The normalized spacial score (nSPS) is 19.9. The standard InChI is InChI=1S/C16H26O3/c1-3-4-5-6-7-8-9-10-11-13(2)14-12-15(17)19-16(14)18/h11,14H,3-10,12H2,1-2H3. The van der Waals surface area contributed by atoms with Crippen LogP contribution in [0.3, 0.4) is 0 Å². The maximum atomic E-state index is 11.4. The van der Waals surface area contributed by atoms with Gasteiger partial charge in [-0.05, 0) is 19.8 Å². The molecule has 0 aromatic rings. The second kappa shape index (κ2) is 8.89. The van der Waals surface area contributed by atoms with Gasteiger partial charge in [-0.1, -0.05) is 57.1 Å².